The van der Waals surface area contributed by atoms with Crippen molar-refractivity contribution in [3.8, 4) is 0 Å². The predicted molar refractivity (Wildman–Crippen MR) is 145 cm³/mol. The zero-order valence-electron chi connectivity index (χ0n) is 23.0. The maximum absolute atomic E-state index is 14.6. The number of halogens is 1. The van der Waals surface area contributed by atoms with Crippen LogP contribution in [-0.2, 0) is 23.1 Å². The molecule has 0 saturated carbocycles. The maximum Gasteiger partial charge on any atom is 0.243 e. The second-order valence-electron chi connectivity index (χ2n) is 10.5. The summed E-state index contributed by atoms with van der Waals surface area (Å²) in [6.45, 7) is 9.93. The van der Waals surface area contributed by atoms with E-state index in [4.69, 9.17) is 5.73 Å². The Hall–Kier alpha value is -3.75. The summed E-state index contributed by atoms with van der Waals surface area (Å²) in [5, 5.41) is 7.44. The van der Waals surface area contributed by atoms with Gasteiger partial charge in [0.15, 0.2) is 0 Å². The molecule has 0 bridgehead atoms. The smallest absolute Gasteiger partial charge is 0.243 e. The molecule has 2 amide bonds. The number of aryl methyl sites for hydroxylation is 3. The Morgan fingerprint density at radius 1 is 1.18 bits per heavy atom. The lowest BCUT2D eigenvalue weighted by molar-refractivity contribution is -0.138. The average Bonchev–Trinajstić information content (AvgIpc) is 3.37. The number of hydrogen-bond donors (Lipinski definition) is 2. The average molecular weight is 521 g/mol. The number of rotatable bonds is 7. The second-order valence-corrected chi connectivity index (χ2v) is 10.5. The van der Waals surface area contributed by atoms with Gasteiger partial charge in [0, 0.05) is 36.5 Å². The zero-order valence-corrected chi connectivity index (χ0v) is 23.0. The number of benzene rings is 1. The Morgan fingerprint density at radius 2 is 1.92 bits per heavy atom. The summed E-state index contributed by atoms with van der Waals surface area (Å²) in [5.74, 6) is -0.0585. The monoisotopic (exact) mass is 520 g/mol. The van der Waals surface area contributed by atoms with Crippen LogP contribution >= 0.6 is 0 Å². The van der Waals surface area contributed by atoms with Crippen molar-refractivity contribution in [1.29, 1.82) is 0 Å². The molecule has 0 radical (unpaired) electrons. The predicted octanol–water partition coefficient (Wildman–Crippen LogP) is 3.83. The number of anilines is 1. The summed E-state index contributed by atoms with van der Waals surface area (Å²) in [6, 6.07) is 8.13. The van der Waals surface area contributed by atoms with Crippen LogP contribution in [0.4, 0.5) is 10.2 Å². The molecular weight excluding hydrogens is 483 g/mol. The van der Waals surface area contributed by atoms with Gasteiger partial charge in [-0.25, -0.2) is 9.37 Å². The number of pyridine rings is 1. The molecule has 38 heavy (non-hydrogen) atoms. The fourth-order valence-corrected chi connectivity index (χ4v) is 5.41. The van der Waals surface area contributed by atoms with E-state index in [-0.39, 0.29) is 25.3 Å². The fourth-order valence-electron chi connectivity index (χ4n) is 5.41. The molecule has 4 rings (SSSR count). The van der Waals surface area contributed by atoms with E-state index in [1.54, 1.807) is 16.9 Å². The minimum atomic E-state index is -1.28. The number of nitrogens with one attached hydrogen (secondary N) is 1. The molecule has 8 nitrogen and oxygen atoms in total. The van der Waals surface area contributed by atoms with Gasteiger partial charge in [0.2, 0.25) is 11.8 Å². The normalized spacial score (nSPS) is 18.2. The molecule has 1 aliphatic heterocycles. The van der Waals surface area contributed by atoms with Gasteiger partial charge in [-0.2, -0.15) is 5.10 Å². The number of carbonyl (C=O) groups excluding carboxylic acids is 2. The van der Waals surface area contributed by atoms with E-state index in [1.807, 2.05) is 46.0 Å². The van der Waals surface area contributed by atoms with Gasteiger partial charge in [0.25, 0.3) is 0 Å². The second kappa shape index (κ2) is 10.9. The number of nitrogens with two attached hydrogens (primary N) is 1. The molecule has 3 heterocycles. The number of aromatic nitrogens is 3. The first-order valence-electron chi connectivity index (χ1n) is 13.0. The van der Waals surface area contributed by atoms with Gasteiger partial charge in [0.05, 0.1) is 24.7 Å². The molecule has 3 N–H and O–H groups in total. The summed E-state index contributed by atoms with van der Waals surface area (Å²) in [5.41, 5.74) is 12.5. The molecule has 1 unspecified atom stereocenters. The SMILES string of the molecule is Cc1cc(C(NC(=O)[C@@H]2C[C@@H](F)CN2C(=O)Cc2c(C)nn(C)c2C)c2cccnc2N)ccc1C(C)C. The van der Waals surface area contributed by atoms with E-state index in [1.165, 1.54) is 10.5 Å². The van der Waals surface area contributed by atoms with E-state index in [9.17, 15) is 14.0 Å². The molecule has 0 spiro atoms. The number of amides is 2. The lowest BCUT2D eigenvalue weighted by Crippen LogP contribution is -2.47. The first-order chi connectivity index (χ1) is 18.0. The minimum Gasteiger partial charge on any atom is -0.383 e. The highest BCUT2D eigenvalue weighted by molar-refractivity contribution is 5.90. The van der Waals surface area contributed by atoms with Crippen molar-refractivity contribution in [3.63, 3.8) is 0 Å². The summed E-state index contributed by atoms with van der Waals surface area (Å²) < 4.78 is 16.4. The number of nitrogen functional groups attached to an aromatic ring is 1. The Balaban J connectivity index is 1.62. The van der Waals surface area contributed by atoms with Crippen molar-refractivity contribution in [2.24, 2.45) is 7.05 Å². The molecule has 9 heteroatoms. The summed E-state index contributed by atoms with van der Waals surface area (Å²) in [7, 11) is 1.82. The summed E-state index contributed by atoms with van der Waals surface area (Å²) in [4.78, 5) is 32.6. The van der Waals surface area contributed by atoms with Gasteiger partial charge in [-0.1, -0.05) is 38.1 Å². The van der Waals surface area contributed by atoms with Gasteiger partial charge in [0.1, 0.15) is 18.0 Å². The molecule has 1 aliphatic rings. The first kappa shape index (κ1) is 27.3. The Morgan fingerprint density at radius 3 is 2.53 bits per heavy atom. The van der Waals surface area contributed by atoms with Crippen molar-refractivity contribution in [2.45, 2.75) is 71.6 Å². The van der Waals surface area contributed by atoms with Gasteiger partial charge >= 0.3 is 0 Å². The van der Waals surface area contributed by atoms with Crippen LogP contribution in [-0.4, -0.2) is 50.2 Å². The van der Waals surface area contributed by atoms with Crippen molar-refractivity contribution < 1.29 is 14.0 Å². The topological polar surface area (TPSA) is 106 Å². The van der Waals surface area contributed by atoms with Crippen LogP contribution in [0.25, 0.3) is 0 Å². The minimum absolute atomic E-state index is 0.0524. The molecule has 0 aliphatic carbocycles. The molecule has 2 aromatic heterocycles. The van der Waals surface area contributed by atoms with Crippen molar-refractivity contribution in [2.75, 3.05) is 12.3 Å². The third kappa shape index (κ3) is 5.42. The molecule has 1 fully saturated rings. The van der Waals surface area contributed by atoms with Crippen LogP contribution in [0.5, 0.6) is 0 Å². The highest BCUT2D eigenvalue weighted by Crippen LogP contribution is 2.30. The number of alkyl halides is 1. The van der Waals surface area contributed by atoms with Crippen LogP contribution in [0.3, 0.4) is 0 Å². The van der Waals surface area contributed by atoms with Crippen LogP contribution in [0.15, 0.2) is 36.5 Å². The van der Waals surface area contributed by atoms with Gasteiger partial charge < -0.3 is 16.0 Å². The van der Waals surface area contributed by atoms with Crippen LogP contribution in [0.2, 0.25) is 0 Å². The van der Waals surface area contributed by atoms with Crippen LogP contribution < -0.4 is 11.1 Å². The third-order valence-electron chi connectivity index (χ3n) is 7.58. The number of carbonyl (C=O) groups is 2. The fraction of sp³-hybridized carbons (Fsp3) is 0.448. The zero-order chi connectivity index (χ0) is 27.7. The number of hydrogen-bond acceptors (Lipinski definition) is 5. The van der Waals surface area contributed by atoms with E-state index >= 15 is 0 Å². The molecule has 3 aromatic rings. The molecule has 1 saturated heterocycles. The van der Waals surface area contributed by atoms with Gasteiger partial charge in [-0.15, -0.1) is 0 Å². The Bertz CT molecular complexity index is 1350. The molecule has 202 valence electrons. The van der Waals surface area contributed by atoms with Crippen LogP contribution in [0.1, 0.15) is 71.4 Å². The van der Waals surface area contributed by atoms with Crippen molar-refractivity contribution in [3.05, 3.63) is 75.7 Å². The highest BCUT2D eigenvalue weighted by Gasteiger charge is 2.41. The molecular formula is C29H37FN6O2. The highest BCUT2D eigenvalue weighted by atomic mass is 19.1. The van der Waals surface area contributed by atoms with Gasteiger partial charge in [-0.3, -0.25) is 14.3 Å². The van der Waals surface area contributed by atoms with Crippen molar-refractivity contribution in [1.82, 2.24) is 25.0 Å². The largest absolute Gasteiger partial charge is 0.383 e. The number of likely N-dealkylation sites (tertiary alicyclic amines) is 1. The van der Waals surface area contributed by atoms with E-state index < -0.39 is 24.2 Å². The summed E-state index contributed by atoms with van der Waals surface area (Å²) >= 11 is 0. The van der Waals surface area contributed by atoms with Crippen LogP contribution in [0, 0.1) is 20.8 Å². The lowest BCUT2D eigenvalue weighted by atomic mass is 9.91. The van der Waals surface area contributed by atoms with Crippen molar-refractivity contribution >= 4 is 17.6 Å². The molecule has 1 aromatic carbocycles. The quantitative estimate of drug-likeness (QED) is 0.493. The maximum atomic E-state index is 14.6. The summed E-state index contributed by atoms with van der Waals surface area (Å²) in [6.07, 6.45) is 0.332. The number of nitrogens with zero attached hydrogens (tertiary/aromatic N) is 4. The van der Waals surface area contributed by atoms with E-state index in [0.29, 0.717) is 17.3 Å². The first-order valence-corrected chi connectivity index (χ1v) is 13.0. The van der Waals surface area contributed by atoms with E-state index in [0.717, 1.165) is 28.1 Å². The Labute approximate surface area is 223 Å². The standard InChI is InChI=1S/C29H37FN6O2/c1-16(2)22-10-9-20(12-17(22)3)27(23-8-7-11-32-28(23)31)33-29(38)25-13-21(30)15-36(25)26(37)14-24-18(4)34-35(6)19(24)5/h7-12,16,21,25,27H,13-15H2,1-6H3,(H2,31,32)(H,33,38)/t21-,25+,27?/m1/s1. The van der Waals surface area contributed by atoms with E-state index in [2.05, 4.69) is 35.3 Å². The Kier molecular flexibility index (Phi) is 7.85. The molecule has 3 atom stereocenters. The third-order valence-corrected chi connectivity index (χ3v) is 7.58. The van der Waals surface area contributed by atoms with Gasteiger partial charge in [-0.05, 0) is 49.4 Å². The lowest BCUT2D eigenvalue weighted by Gasteiger charge is -2.28.